The van der Waals surface area contributed by atoms with E-state index in [1.54, 1.807) is 18.2 Å². The number of ketones is 2. The van der Waals surface area contributed by atoms with E-state index in [-0.39, 0.29) is 70.7 Å². The monoisotopic (exact) mass is 896 g/mol. The van der Waals surface area contributed by atoms with Crippen LogP contribution < -0.4 is 42.6 Å². The number of hydrogen-bond donors (Lipinski definition) is 11. The number of benzene rings is 2. The quantitative estimate of drug-likeness (QED) is 0.0600. The molecule has 65 heavy (non-hydrogen) atoms. The second-order valence-electron chi connectivity index (χ2n) is 16.8. The minimum atomic E-state index is -2.43. The van der Waals surface area contributed by atoms with Gasteiger partial charge in [0.25, 0.3) is 11.8 Å². The molecular formula is C45H52N8O12. The number of guanidine groups is 1. The van der Waals surface area contributed by atoms with Gasteiger partial charge in [-0.25, -0.2) is 0 Å². The summed E-state index contributed by atoms with van der Waals surface area (Å²) in [6.07, 6.45) is 4.14. The predicted octanol–water partition coefficient (Wildman–Crippen LogP) is -0.843. The van der Waals surface area contributed by atoms with Gasteiger partial charge in [0.05, 0.1) is 42.9 Å². The number of carbonyl (C=O) groups excluding carboxylic acids is 4. The maximum atomic E-state index is 14.8. The van der Waals surface area contributed by atoms with Crippen molar-refractivity contribution in [2.45, 2.75) is 74.0 Å². The van der Waals surface area contributed by atoms with Crippen molar-refractivity contribution in [3.8, 4) is 17.2 Å². The smallest absolute Gasteiger partial charge is 0.253 e. The Morgan fingerprint density at radius 1 is 1.08 bits per heavy atom. The fourth-order valence-electron chi connectivity index (χ4n) is 9.56. The topological polar surface area (TPSA) is 327 Å². The Bertz CT molecular complexity index is 2490. The van der Waals surface area contributed by atoms with Gasteiger partial charge in [0.1, 0.15) is 41.2 Å². The summed E-state index contributed by atoms with van der Waals surface area (Å²) in [5, 5.41) is 67.6. The average molecular weight is 897 g/mol. The lowest BCUT2D eigenvalue weighted by molar-refractivity contribution is -0.316. The summed E-state index contributed by atoms with van der Waals surface area (Å²) in [5.41, 5.74) is 17.3. The molecule has 0 bridgehead atoms. The van der Waals surface area contributed by atoms with Crippen LogP contribution in [0, 0.1) is 5.92 Å². The van der Waals surface area contributed by atoms with Crippen LogP contribution in [0.2, 0.25) is 0 Å². The van der Waals surface area contributed by atoms with Crippen LogP contribution in [-0.2, 0) is 14.3 Å². The van der Waals surface area contributed by atoms with Crippen LogP contribution in [0.25, 0.3) is 0 Å². The Morgan fingerprint density at radius 2 is 1.82 bits per heavy atom. The van der Waals surface area contributed by atoms with Gasteiger partial charge in [-0.2, -0.15) is 0 Å². The first-order chi connectivity index (χ1) is 31.1. The van der Waals surface area contributed by atoms with Crippen molar-refractivity contribution in [3.63, 3.8) is 0 Å². The molecule has 9 atom stereocenters. The molecule has 2 amide bonds. The van der Waals surface area contributed by atoms with E-state index in [9.17, 15) is 44.7 Å². The highest BCUT2D eigenvalue weighted by Crippen LogP contribution is 2.50. The first kappa shape index (κ1) is 45.0. The number of methoxy groups -OCH3 is 1. The van der Waals surface area contributed by atoms with Gasteiger partial charge >= 0.3 is 0 Å². The third-order valence-electron chi connectivity index (χ3n) is 12.9. The van der Waals surface area contributed by atoms with E-state index >= 15 is 0 Å². The van der Waals surface area contributed by atoms with Gasteiger partial charge in [-0.05, 0) is 72.6 Å². The molecule has 0 aromatic heterocycles. The number of phenols is 1. The number of dihydropyridines is 2. The van der Waals surface area contributed by atoms with Crippen LogP contribution in [0.1, 0.15) is 80.6 Å². The van der Waals surface area contributed by atoms with Crippen molar-refractivity contribution >= 4 is 29.3 Å². The number of amides is 2. The Balaban J connectivity index is 1.13. The number of aromatic hydroxyl groups is 1. The van der Waals surface area contributed by atoms with Crippen molar-refractivity contribution in [2.24, 2.45) is 28.1 Å². The number of hydrogen-bond acceptors (Lipinski definition) is 17. The second kappa shape index (κ2) is 17.8. The Hall–Kier alpha value is -6.55. The molecule has 344 valence electrons. The van der Waals surface area contributed by atoms with Gasteiger partial charge in [-0.1, -0.05) is 12.2 Å². The molecule has 2 aromatic carbocycles. The van der Waals surface area contributed by atoms with Crippen molar-refractivity contribution in [1.82, 2.24) is 20.9 Å². The molecule has 20 nitrogen and oxygen atoms in total. The summed E-state index contributed by atoms with van der Waals surface area (Å²) in [6.45, 7) is -0.906. The number of nitrogens with zero attached hydrogens (tertiary/aromatic N) is 2. The number of fused-ring (bicyclic) bond motifs is 3. The van der Waals surface area contributed by atoms with Gasteiger partial charge in [0.2, 0.25) is 12.1 Å². The Labute approximate surface area is 372 Å². The van der Waals surface area contributed by atoms with Crippen LogP contribution in [0.15, 0.2) is 82.8 Å². The zero-order chi connectivity index (χ0) is 46.5. The zero-order valence-electron chi connectivity index (χ0n) is 35.6. The van der Waals surface area contributed by atoms with Gasteiger partial charge < -0.3 is 72.9 Å². The van der Waals surface area contributed by atoms with Gasteiger partial charge in [0, 0.05) is 67.2 Å². The highest BCUT2D eigenvalue weighted by atomic mass is 16.7. The van der Waals surface area contributed by atoms with Crippen molar-refractivity contribution in [3.05, 3.63) is 111 Å². The lowest BCUT2D eigenvalue weighted by Crippen LogP contribution is -2.68. The van der Waals surface area contributed by atoms with Crippen molar-refractivity contribution < 1.29 is 58.9 Å². The minimum Gasteiger partial charge on any atom is -0.507 e. The number of allylic oxidation sites excluding steroid dienone is 3. The highest BCUT2D eigenvalue weighted by molar-refractivity contribution is 6.30. The largest absolute Gasteiger partial charge is 0.507 e. The molecule has 6 aliphatic rings. The number of imide groups is 1. The molecule has 9 unspecified atom stereocenters. The standard InChI is InChI=1S/C45H52N8O12/c1-49-44(48)52-28-5-4-22(11-20-3-6-31(46)51-17-20)25-15-27-37(39(58)35(25)28)40(59)36-26(38(27)57)13-24(63-2)14-29(36)64-43-41(60)42(61)45(62,30(19-54)65-43)16-23(21-9-10-50-32(47)12-21)18-53-33(55)7-8-34(53)56/h3,6-9,12-15,17,22-23,28,30-31,41-43,50-51,54,58,60-62H,4-5,10-11,16,18-19,46-47H2,1-2H3,(H3,48,49,52). The number of carbonyl (C=O) groups is 4. The van der Waals surface area contributed by atoms with E-state index in [0.717, 1.165) is 22.6 Å². The summed E-state index contributed by atoms with van der Waals surface area (Å²) in [6, 6.07) is 3.64. The Morgan fingerprint density at radius 3 is 2.48 bits per heavy atom. The number of nitrogens with one attached hydrogen (secondary N) is 3. The molecule has 2 aromatic rings. The van der Waals surface area contributed by atoms with Crippen LogP contribution in [0.5, 0.6) is 17.2 Å². The van der Waals surface area contributed by atoms with Crippen LogP contribution in [0.3, 0.4) is 0 Å². The minimum absolute atomic E-state index is 0.0630. The maximum Gasteiger partial charge on any atom is 0.253 e. The second-order valence-corrected chi connectivity index (χ2v) is 16.8. The third-order valence-corrected chi connectivity index (χ3v) is 12.9. The molecule has 0 spiro atoms. The number of aliphatic hydroxyl groups excluding tert-OH is 3. The van der Waals surface area contributed by atoms with Crippen LogP contribution in [-0.4, -0.2) is 130 Å². The van der Waals surface area contributed by atoms with E-state index in [1.165, 1.54) is 26.3 Å². The predicted molar refractivity (Wildman–Crippen MR) is 232 cm³/mol. The van der Waals surface area contributed by atoms with Gasteiger partial charge in [0.15, 0.2) is 11.7 Å². The summed E-state index contributed by atoms with van der Waals surface area (Å²) >= 11 is 0. The van der Waals surface area contributed by atoms with E-state index in [4.69, 9.17) is 31.4 Å². The number of ether oxygens (including phenoxy) is 3. The Kier molecular flexibility index (Phi) is 12.3. The average Bonchev–Trinajstić information content (AvgIpc) is 3.61. The van der Waals surface area contributed by atoms with E-state index in [0.29, 0.717) is 36.0 Å². The van der Waals surface area contributed by atoms with Crippen molar-refractivity contribution in [1.29, 1.82) is 0 Å². The maximum absolute atomic E-state index is 14.8. The summed E-state index contributed by atoms with van der Waals surface area (Å²) < 4.78 is 17.6. The zero-order valence-corrected chi connectivity index (χ0v) is 35.6. The summed E-state index contributed by atoms with van der Waals surface area (Å²) in [7, 11) is 2.83. The number of nitrogens with two attached hydrogens (primary N) is 3. The lowest BCUT2D eigenvalue weighted by Gasteiger charge is -2.49. The summed E-state index contributed by atoms with van der Waals surface area (Å²) in [5.74, 6) is -4.08. The van der Waals surface area contributed by atoms with Crippen LogP contribution in [0.4, 0.5) is 0 Å². The molecule has 20 heteroatoms. The third kappa shape index (κ3) is 8.24. The number of phenolic OH excluding ortho intramolecular Hbond substituents is 1. The first-order valence-electron chi connectivity index (χ1n) is 21.1. The first-order valence-corrected chi connectivity index (χ1v) is 21.1. The van der Waals surface area contributed by atoms with Gasteiger partial charge in [-0.3, -0.25) is 29.1 Å². The molecule has 0 saturated carbocycles. The van der Waals surface area contributed by atoms with E-state index in [2.05, 4.69) is 20.9 Å². The molecule has 0 radical (unpaired) electrons. The molecule has 1 fully saturated rings. The SMILES string of the molecule is CN=C(N)NC1CCC(CC2=CNC(N)C=C2)c2cc3c(c(O)c21)C(=O)c1c(OC2OC(CO)C(O)(CC(CN4C(=O)C=CC4=O)C4=CCNC(N)=C4)C(O)C2O)cc(OC)cc1C3=O. The number of aliphatic imine (C=N–C) groups is 1. The molecular weight excluding hydrogens is 845 g/mol. The molecule has 1 saturated heterocycles. The summed E-state index contributed by atoms with van der Waals surface area (Å²) in [4.78, 5) is 59.7. The number of rotatable bonds is 12. The molecule has 8 rings (SSSR count). The van der Waals surface area contributed by atoms with E-state index in [1.807, 2.05) is 18.4 Å². The van der Waals surface area contributed by atoms with Crippen molar-refractivity contribution in [2.75, 3.05) is 33.9 Å². The normalized spacial score (nSPS) is 28.8. The highest BCUT2D eigenvalue weighted by Gasteiger charge is 2.57. The van der Waals surface area contributed by atoms with E-state index < -0.39 is 84.3 Å². The lowest BCUT2D eigenvalue weighted by atomic mass is 9.72. The molecule has 2 aliphatic carbocycles. The fraction of sp³-hybridized carbons (Fsp3) is 0.400. The number of aliphatic hydroxyl groups is 4. The molecule has 4 aliphatic heterocycles. The fourth-order valence-corrected chi connectivity index (χ4v) is 9.56. The van der Waals surface area contributed by atoms with Gasteiger partial charge in [-0.15, -0.1) is 0 Å². The van der Waals surface area contributed by atoms with Crippen LogP contribution >= 0.6 is 0 Å². The molecule has 14 N–H and O–H groups in total. The molecule has 4 heterocycles.